The molecule has 8 heteroatoms. The highest BCUT2D eigenvalue weighted by Gasteiger charge is 2.41. The smallest absolute Gasteiger partial charge is 0.333 e. The van der Waals surface area contributed by atoms with Crippen LogP contribution >= 0.6 is 0 Å². The Kier molecular flexibility index (Phi) is 6.10. The van der Waals surface area contributed by atoms with E-state index in [0.29, 0.717) is 18.7 Å². The lowest BCUT2D eigenvalue weighted by atomic mass is 10.2. The predicted molar refractivity (Wildman–Crippen MR) is 88.8 cm³/mol. The van der Waals surface area contributed by atoms with Crippen molar-refractivity contribution in [2.45, 2.75) is 19.8 Å². The fourth-order valence-electron chi connectivity index (χ4n) is 2.26. The van der Waals surface area contributed by atoms with E-state index in [0.717, 1.165) is 15.4 Å². The zero-order chi connectivity index (χ0) is 18.4. The zero-order valence-corrected chi connectivity index (χ0v) is 14.3. The molecule has 0 aromatic heterocycles. The Balaban J connectivity index is 1.61. The fourth-order valence-corrected chi connectivity index (χ4v) is 2.26. The second kappa shape index (κ2) is 8.27. The Labute approximate surface area is 145 Å². The van der Waals surface area contributed by atoms with Gasteiger partial charge in [-0.2, -0.15) is 0 Å². The Bertz CT molecular complexity index is 671. The molecule has 0 radical (unpaired) electrons. The largest absolute Gasteiger partial charge is 0.493 e. The van der Waals surface area contributed by atoms with Gasteiger partial charge >= 0.3 is 17.8 Å². The van der Waals surface area contributed by atoms with Gasteiger partial charge in [-0.1, -0.05) is 17.7 Å². The van der Waals surface area contributed by atoms with Crippen LogP contribution in [0, 0.1) is 6.92 Å². The van der Waals surface area contributed by atoms with Gasteiger partial charge in [0.1, 0.15) is 5.75 Å². The molecule has 0 aliphatic carbocycles. The summed E-state index contributed by atoms with van der Waals surface area (Å²) >= 11 is 0. The van der Waals surface area contributed by atoms with Crippen LogP contribution in [-0.4, -0.2) is 60.3 Å². The maximum Gasteiger partial charge on any atom is 0.333 e. The first-order valence-corrected chi connectivity index (χ1v) is 8.00. The molecule has 1 fully saturated rings. The zero-order valence-electron chi connectivity index (χ0n) is 14.3. The molecule has 1 heterocycles. The molecular formula is C17H21N3O5. The van der Waals surface area contributed by atoms with E-state index < -0.39 is 17.8 Å². The summed E-state index contributed by atoms with van der Waals surface area (Å²) in [5.74, 6) is -1.13. The van der Waals surface area contributed by atoms with Gasteiger partial charge in [0.15, 0.2) is 0 Å². The third kappa shape index (κ3) is 4.79. The second-order valence-corrected chi connectivity index (χ2v) is 5.72. The highest BCUT2D eigenvalue weighted by molar-refractivity contribution is 6.44. The minimum absolute atomic E-state index is 0.0912. The van der Waals surface area contributed by atoms with Crippen molar-refractivity contribution in [3.8, 4) is 5.75 Å². The molecule has 5 amide bonds. The molecule has 1 aromatic rings. The van der Waals surface area contributed by atoms with Crippen LogP contribution in [0.4, 0.5) is 4.79 Å². The van der Waals surface area contributed by atoms with Crippen molar-refractivity contribution in [3.63, 3.8) is 0 Å². The van der Waals surface area contributed by atoms with Crippen molar-refractivity contribution in [1.82, 2.24) is 15.1 Å². The Morgan fingerprint density at radius 1 is 1.12 bits per heavy atom. The predicted octanol–water partition coefficient (Wildman–Crippen LogP) is 0.691. The number of likely N-dealkylation sites (N-methyl/N-ethyl adjacent to an activating group) is 1. The van der Waals surface area contributed by atoms with E-state index in [1.165, 1.54) is 7.05 Å². The molecular weight excluding hydrogens is 326 g/mol. The van der Waals surface area contributed by atoms with Gasteiger partial charge in [0.2, 0.25) is 5.91 Å². The van der Waals surface area contributed by atoms with Gasteiger partial charge in [0.05, 0.1) is 13.0 Å². The lowest BCUT2D eigenvalue weighted by Gasteiger charge is -2.13. The third-order valence-corrected chi connectivity index (χ3v) is 3.75. The standard InChI is InChI=1S/C17H21N3O5/c1-12-4-6-13(7-5-12)25-11-8-14(21)18-9-3-10-20-16(23)15(22)19(2)17(20)24/h4-7H,3,8-11H2,1-2H3,(H,18,21). The number of aryl methyl sites for hydroxylation is 1. The number of rotatable bonds is 8. The number of carbonyl (C=O) groups excluding carboxylic acids is 4. The summed E-state index contributed by atoms with van der Waals surface area (Å²) in [6, 6.07) is 6.91. The number of benzene rings is 1. The molecule has 0 saturated carbocycles. The Hall–Kier alpha value is -2.90. The SMILES string of the molecule is Cc1ccc(OCCC(=O)NCCCN2C(=O)C(=O)N(C)C2=O)cc1. The van der Waals surface area contributed by atoms with Crippen LogP contribution in [-0.2, 0) is 14.4 Å². The molecule has 2 rings (SSSR count). The summed E-state index contributed by atoms with van der Waals surface area (Å²) in [5, 5.41) is 2.69. The highest BCUT2D eigenvalue weighted by Crippen LogP contribution is 2.11. The van der Waals surface area contributed by atoms with Crippen LogP contribution in [0.15, 0.2) is 24.3 Å². The number of urea groups is 1. The van der Waals surface area contributed by atoms with E-state index in [1.807, 2.05) is 31.2 Å². The lowest BCUT2D eigenvalue weighted by molar-refractivity contribution is -0.142. The summed E-state index contributed by atoms with van der Waals surface area (Å²) in [7, 11) is 1.26. The van der Waals surface area contributed by atoms with Gasteiger partial charge in [-0.15, -0.1) is 0 Å². The molecule has 1 N–H and O–H groups in total. The maximum absolute atomic E-state index is 11.7. The number of carbonyl (C=O) groups is 4. The van der Waals surface area contributed by atoms with Gasteiger partial charge in [0.25, 0.3) is 0 Å². The maximum atomic E-state index is 11.7. The Morgan fingerprint density at radius 3 is 2.40 bits per heavy atom. The third-order valence-electron chi connectivity index (χ3n) is 3.75. The van der Waals surface area contributed by atoms with Crippen LogP contribution in [0.3, 0.4) is 0 Å². The first kappa shape index (κ1) is 18.4. The van der Waals surface area contributed by atoms with E-state index in [-0.39, 0.29) is 25.5 Å². The normalized spacial score (nSPS) is 14.2. The summed E-state index contributed by atoms with van der Waals surface area (Å²) < 4.78 is 5.47. The molecule has 134 valence electrons. The van der Waals surface area contributed by atoms with Gasteiger partial charge in [0, 0.05) is 20.1 Å². The van der Waals surface area contributed by atoms with Crippen molar-refractivity contribution in [2.24, 2.45) is 0 Å². The fraction of sp³-hybridized carbons (Fsp3) is 0.412. The number of hydrogen-bond acceptors (Lipinski definition) is 5. The quantitative estimate of drug-likeness (QED) is 0.424. The van der Waals surface area contributed by atoms with Crippen molar-refractivity contribution in [3.05, 3.63) is 29.8 Å². The first-order valence-electron chi connectivity index (χ1n) is 8.00. The van der Waals surface area contributed by atoms with E-state index in [9.17, 15) is 19.2 Å². The Morgan fingerprint density at radius 2 is 1.80 bits per heavy atom. The molecule has 1 aliphatic heterocycles. The number of amides is 5. The first-order chi connectivity index (χ1) is 11.9. The average Bonchev–Trinajstić information content (AvgIpc) is 2.77. The van der Waals surface area contributed by atoms with Crippen LogP contribution in [0.25, 0.3) is 0 Å². The molecule has 0 bridgehead atoms. The van der Waals surface area contributed by atoms with Crippen LogP contribution in [0.5, 0.6) is 5.75 Å². The number of nitrogens with one attached hydrogen (secondary N) is 1. The van der Waals surface area contributed by atoms with Crippen LogP contribution in [0.2, 0.25) is 0 Å². The number of ether oxygens (including phenoxy) is 1. The average molecular weight is 347 g/mol. The van der Waals surface area contributed by atoms with E-state index in [2.05, 4.69) is 5.32 Å². The molecule has 1 aliphatic rings. The monoisotopic (exact) mass is 347 g/mol. The minimum Gasteiger partial charge on any atom is -0.493 e. The molecule has 8 nitrogen and oxygen atoms in total. The topological polar surface area (TPSA) is 96.0 Å². The highest BCUT2D eigenvalue weighted by atomic mass is 16.5. The molecule has 1 aromatic carbocycles. The van der Waals surface area contributed by atoms with Gasteiger partial charge in [-0.05, 0) is 25.5 Å². The minimum atomic E-state index is -0.831. The van der Waals surface area contributed by atoms with Crippen molar-refractivity contribution >= 4 is 23.8 Å². The van der Waals surface area contributed by atoms with E-state index in [4.69, 9.17) is 4.74 Å². The number of hydrogen-bond donors (Lipinski definition) is 1. The van der Waals surface area contributed by atoms with Gasteiger partial charge in [-0.25, -0.2) is 4.79 Å². The molecule has 25 heavy (non-hydrogen) atoms. The van der Waals surface area contributed by atoms with Crippen molar-refractivity contribution in [2.75, 3.05) is 26.7 Å². The molecule has 0 spiro atoms. The van der Waals surface area contributed by atoms with Crippen LogP contribution < -0.4 is 10.1 Å². The molecule has 1 saturated heterocycles. The molecule has 0 atom stereocenters. The van der Waals surface area contributed by atoms with Crippen LogP contribution in [0.1, 0.15) is 18.4 Å². The second-order valence-electron chi connectivity index (χ2n) is 5.72. The summed E-state index contributed by atoms with van der Waals surface area (Å²) in [4.78, 5) is 48.0. The van der Waals surface area contributed by atoms with Gasteiger partial charge in [-0.3, -0.25) is 24.2 Å². The van der Waals surface area contributed by atoms with Gasteiger partial charge < -0.3 is 10.1 Å². The van der Waals surface area contributed by atoms with Crippen molar-refractivity contribution in [1.29, 1.82) is 0 Å². The van der Waals surface area contributed by atoms with Crippen molar-refractivity contribution < 1.29 is 23.9 Å². The van der Waals surface area contributed by atoms with E-state index in [1.54, 1.807) is 0 Å². The summed E-state index contributed by atoms with van der Waals surface area (Å²) in [5.41, 5.74) is 1.13. The summed E-state index contributed by atoms with van der Waals surface area (Å²) in [6.07, 6.45) is 0.583. The molecule has 0 unspecified atom stereocenters. The lowest BCUT2D eigenvalue weighted by Crippen LogP contribution is -2.35. The summed E-state index contributed by atoms with van der Waals surface area (Å²) in [6.45, 7) is 2.64. The number of nitrogens with zero attached hydrogens (tertiary/aromatic N) is 2. The number of imide groups is 2. The van der Waals surface area contributed by atoms with E-state index >= 15 is 0 Å².